The van der Waals surface area contributed by atoms with Crippen molar-refractivity contribution >= 4 is 11.8 Å². The molecule has 0 spiro atoms. The molecule has 6 rings (SSSR count). The maximum absolute atomic E-state index is 13.4. The van der Waals surface area contributed by atoms with Crippen molar-refractivity contribution in [3.63, 3.8) is 0 Å². The monoisotopic (exact) mass is 666 g/mol. The molecule has 0 bridgehead atoms. The number of benzene rings is 3. The van der Waals surface area contributed by atoms with Gasteiger partial charge in [0.05, 0.1) is 25.2 Å². The van der Waals surface area contributed by atoms with E-state index < -0.39 is 11.7 Å². The highest BCUT2D eigenvalue weighted by atomic mass is 32.2. The summed E-state index contributed by atoms with van der Waals surface area (Å²) in [6.07, 6.45) is -2.09. The number of nitrogens with zero attached hydrogens (tertiary/aromatic N) is 5. The van der Waals surface area contributed by atoms with Gasteiger partial charge in [-0.15, -0.1) is 10.2 Å². The summed E-state index contributed by atoms with van der Waals surface area (Å²) in [4.78, 5) is 17.3. The number of hydrogen-bond acceptors (Lipinski definition) is 6. The van der Waals surface area contributed by atoms with Gasteiger partial charge in [-0.2, -0.15) is 18.2 Å². The largest absolute Gasteiger partial charge is 0.416 e. The quantitative estimate of drug-likeness (QED) is 0.0987. The van der Waals surface area contributed by atoms with Crippen LogP contribution in [0.15, 0.2) is 82.7 Å². The van der Waals surface area contributed by atoms with Gasteiger partial charge in [-0.05, 0) is 65.8 Å². The van der Waals surface area contributed by atoms with E-state index in [0.29, 0.717) is 47.6 Å². The molecule has 0 fully saturated rings. The van der Waals surface area contributed by atoms with Gasteiger partial charge in [-0.3, -0.25) is 4.79 Å². The third kappa shape index (κ3) is 8.17. The molecular weight excluding hydrogens is 628 g/mol. The smallest absolute Gasteiger partial charge is 0.324 e. The van der Waals surface area contributed by atoms with Gasteiger partial charge in [-0.25, -0.2) is 4.39 Å². The molecule has 3 aromatic carbocycles. The molecule has 2 heterocycles. The van der Waals surface area contributed by atoms with E-state index in [0.717, 1.165) is 52.9 Å². The molecule has 0 amide bonds. The van der Waals surface area contributed by atoms with Crippen LogP contribution in [-0.4, -0.2) is 24.3 Å². The summed E-state index contributed by atoms with van der Waals surface area (Å²) in [5, 5.41) is 9.33. The molecule has 0 saturated heterocycles. The normalized spacial score (nSPS) is 12.2. The van der Waals surface area contributed by atoms with Crippen LogP contribution >= 0.6 is 11.8 Å². The Bertz CT molecular complexity index is 1830. The number of hydrogen-bond donors (Lipinski definition) is 1. The van der Waals surface area contributed by atoms with Gasteiger partial charge >= 0.3 is 6.18 Å². The highest BCUT2D eigenvalue weighted by Gasteiger charge is 2.30. The Morgan fingerprint density at radius 3 is 2.02 bits per heavy atom. The predicted octanol–water partition coefficient (Wildman–Crippen LogP) is 7.66. The predicted molar refractivity (Wildman–Crippen MR) is 178 cm³/mol. The van der Waals surface area contributed by atoms with Crippen LogP contribution in [0.2, 0.25) is 0 Å². The maximum atomic E-state index is 13.4. The number of fused-ring (bicyclic) bond motifs is 1. The lowest BCUT2D eigenvalue weighted by atomic mass is 10.0. The Hall–Kier alpha value is -4.29. The summed E-state index contributed by atoms with van der Waals surface area (Å²) in [6.45, 7) is 4.93. The van der Waals surface area contributed by atoms with Crippen molar-refractivity contribution in [1.82, 2.24) is 24.3 Å². The van der Waals surface area contributed by atoms with Crippen LogP contribution in [0.5, 0.6) is 0 Å². The molecule has 2 N–H and O–H groups in total. The fourth-order valence-corrected chi connectivity index (χ4v) is 6.36. The van der Waals surface area contributed by atoms with Gasteiger partial charge in [0.15, 0.2) is 11.0 Å². The van der Waals surface area contributed by atoms with Gasteiger partial charge in [0, 0.05) is 17.0 Å². The molecule has 0 saturated carbocycles. The molecule has 0 aliphatic heterocycles. The summed E-state index contributed by atoms with van der Waals surface area (Å²) in [7, 11) is 0. The van der Waals surface area contributed by atoms with Crippen molar-refractivity contribution in [2.75, 3.05) is 0 Å². The van der Waals surface area contributed by atoms with Crippen molar-refractivity contribution in [2.24, 2.45) is 5.73 Å². The summed E-state index contributed by atoms with van der Waals surface area (Å²) in [6, 6.07) is 18.9. The number of halogens is 4. The fraction of sp³-hybridized carbons (Fsp3) is 0.314. The minimum Gasteiger partial charge on any atom is -0.324 e. The molecule has 1 aliphatic rings. The molecule has 248 valence electrons. The van der Waals surface area contributed by atoms with E-state index in [-0.39, 0.29) is 25.3 Å². The Labute approximate surface area is 275 Å². The van der Waals surface area contributed by atoms with Crippen molar-refractivity contribution in [2.45, 2.75) is 77.3 Å². The Morgan fingerprint density at radius 1 is 0.809 bits per heavy atom. The number of thioether (sulfide) groups is 1. The van der Waals surface area contributed by atoms with E-state index in [1.54, 1.807) is 12.1 Å². The Kier molecular flexibility index (Phi) is 11.8. The molecule has 2 aromatic heterocycles. The third-order valence-electron chi connectivity index (χ3n) is 7.71. The summed E-state index contributed by atoms with van der Waals surface area (Å²) < 4.78 is 56.3. The first-order chi connectivity index (χ1) is 22.2. The Morgan fingerprint density at radius 2 is 1.40 bits per heavy atom. The van der Waals surface area contributed by atoms with Crippen molar-refractivity contribution in [1.29, 1.82) is 0 Å². The topological polar surface area (TPSA) is 91.6 Å². The van der Waals surface area contributed by atoms with E-state index in [9.17, 15) is 22.4 Å². The first-order valence-electron chi connectivity index (χ1n) is 15.1. The maximum Gasteiger partial charge on any atom is 0.416 e. The zero-order chi connectivity index (χ0) is 32.8. The number of aromatic nitrogens is 5. The lowest BCUT2D eigenvalue weighted by Gasteiger charge is -2.18. The van der Waals surface area contributed by atoms with E-state index >= 15 is 0 Å². The molecular formula is C35H38F4N6OS. The molecule has 0 atom stereocenters. The lowest BCUT2D eigenvalue weighted by molar-refractivity contribution is -0.137. The summed E-state index contributed by atoms with van der Waals surface area (Å²) in [5.41, 5.74) is 10.1. The second-order valence-corrected chi connectivity index (χ2v) is 11.5. The standard InChI is InChI=1S/C32H28F4N6OS.C2H6.CH4/c33-25-14-6-21(7-15-25)19-44-31-38-30(43)26-2-1-3-27(26)41(31)18-29-40-39-28(16-37)42(29)17-20-4-8-22(9-5-20)23-10-12-24(13-11-23)32(34,35)36;1-2;/h4-15H,1-3,16-19,37H2;1-2H3;1H4. The van der Waals surface area contributed by atoms with E-state index in [4.69, 9.17) is 5.73 Å². The summed E-state index contributed by atoms with van der Waals surface area (Å²) in [5.74, 6) is 1.45. The number of rotatable bonds is 9. The van der Waals surface area contributed by atoms with Crippen LogP contribution in [-0.2, 0) is 44.4 Å². The number of alkyl halides is 3. The second kappa shape index (κ2) is 15.5. The minimum absolute atomic E-state index is 0. The molecule has 7 nitrogen and oxygen atoms in total. The zero-order valence-electron chi connectivity index (χ0n) is 25.5. The first-order valence-corrected chi connectivity index (χ1v) is 16.1. The van der Waals surface area contributed by atoms with Crippen molar-refractivity contribution < 1.29 is 17.6 Å². The lowest BCUT2D eigenvalue weighted by Crippen LogP contribution is -2.23. The molecule has 0 unspecified atom stereocenters. The first kappa shape index (κ1) is 35.6. The van der Waals surface area contributed by atoms with Crippen molar-refractivity contribution in [3.05, 3.63) is 129 Å². The average Bonchev–Trinajstić information content (AvgIpc) is 3.71. The van der Waals surface area contributed by atoms with Crippen LogP contribution in [0.25, 0.3) is 11.1 Å². The van der Waals surface area contributed by atoms with E-state index in [1.807, 2.05) is 47.2 Å². The zero-order valence-corrected chi connectivity index (χ0v) is 26.3. The molecule has 5 aromatic rings. The molecule has 47 heavy (non-hydrogen) atoms. The van der Waals surface area contributed by atoms with Crippen LogP contribution in [0.1, 0.15) is 67.3 Å². The highest BCUT2D eigenvalue weighted by Crippen LogP contribution is 2.31. The SMILES string of the molecule is C.CC.NCc1nnc(Cn2c(SCc3ccc(F)cc3)nc(=O)c3c2CCC3)n1Cc1ccc(-c2ccc(C(F)(F)F)cc2)cc1. The summed E-state index contributed by atoms with van der Waals surface area (Å²) >= 11 is 1.41. The molecule has 1 aliphatic carbocycles. The second-order valence-electron chi connectivity index (χ2n) is 10.6. The van der Waals surface area contributed by atoms with Gasteiger partial charge in [0.2, 0.25) is 0 Å². The van der Waals surface area contributed by atoms with Gasteiger partial charge in [0.25, 0.3) is 5.56 Å². The van der Waals surface area contributed by atoms with Gasteiger partial charge in [0.1, 0.15) is 11.6 Å². The van der Waals surface area contributed by atoms with Crippen LogP contribution in [0.4, 0.5) is 17.6 Å². The Balaban J connectivity index is 0.00000164. The van der Waals surface area contributed by atoms with Crippen LogP contribution < -0.4 is 11.3 Å². The van der Waals surface area contributed by atoms with Crippen LogP contribution in [0, 0.1) is 5.82 Å². The molecule has 0 radical (unpaired) electrons. The van der Waals surface area contributed by atoms with Crippen molar-refractivity contribution in [3.8, 4) is 11.1 Å². The van der Waals surface area contributed by atoms with E-state index in [1.165, 1.54) is 36.0 Å². The average molecular weight is 667 g/mol. The highest BCUT2D eigenvalue weighted by molar-refractivity contribution is 7.98. The minimum atomic E-state index is -4.38. The van der Waals surface area contributed by atoms with E-state index in [2.05, 4.69) is 15.2 Å². The third-order valence-corrected chi connectivity index (χ3v) is 8.76. The van der Waals surface area contributed by atoms with Crippen LogP contribution in [0.3, 0.4) is 0 Å². The van der Waals surface area contributed by atoms with Gasteiger partial charge < -0.3 is 14.9 Å². The fourth-order valence-electron chi connectivity index (χ4n) is 5.39. The molecule has 12 heteroatoms. The van der Waals surface area contributed by atoms with Gasteiger partial charge in [-0.1, -0.05) is 81.6 Å². The number of nitrogens with two attached hydrogens (primary N) is 1.